The number of aryl methyl sites for hydroxylation is 1. The van der Waals surface area contributed by atoms with Crippen LogP contribution in [0.3, 0.4) is 0 Å². The summed E-state index contributed by atoms with van der Waals surface area (Å²) in [5.74, 6) is 0.0236. The van der Waals surface area contributed by atoms with Crippen molar-refractivity contribution in [1.29, 1.82) is 0 Å². The van der Waals surface area contributed by atoms with Gasteiger partial charge in [-0.05, 0) is 31.2 Å². The molecule has 0 fully saturated rings. The summed E-state index contributed by atoms with van der Waals surface area (Å²) in [5, 5.41) is 8.89. The van der Waals surface area contributed by atoms with Crippen LogP contribution in [0.15, 0.2) is 64.0 Å². The number of benzene rings is 2. The van der Waals surface area contributed by atoms with Crippen LogP contribution in [0.2, 0.25) is 0 Å². The molecule has 0 saturated heterocycles. The van der Waals surface area contributed by atoms with Crippen molar-refractivity contribution in [3.8, 4) is 5.75 Å². The van der Waals surface area contributed by atoms with Crippen LogP contribution in [0.5, 0.6) is 5.75 Å². The normalized spacial score (nSPS) is 10.3. The van der Waals surface area contributed by atoms with Gasteiger partial charge in [0.1, 0.15) is 11.5 Å². The van der Waals surface area contributed by atoms with Gasteiger partial charge in [0.05, 0.1) is 18.4 Å². The molecule has 0 saturated carbocycles. The molecule has 0 aliphatic rings. The summed E-state index contributed by atoms with van der Waals surface area (Å²) in [5.41, 5.74) is 0.868. The Labute approximate surface area is 188 Å². The first-order valence-electron chi connectivity index (χ1n) is 9.50. The minimum absolute atomic E-state index is 0.0769. The van der Waals surface area contributed by atoms with E-state index in [1.54, 1.807) is 68.6 Å². The number of anilines is 2. The van der Waals surface area contributed by atoms with E-state index in [4.69, 9.17) is 14.0 Å². The lowest BCUT2D eigenvalue weighted by Gasteiger charge is -2.10. The van der Waals surface area contributed by atoms with E-state index in [2.05, 4.69) is 15.8 Å². The number of rotatable bonds is 9. The highest BCUT2D eigenvalue weighted by Gasteiger charge is 2.16. The third-order valence-corrected chi connectivity index (χ3v) is 5.12. The summed E-state index contributed by atoms with van der Waals surface area (Å²) in [6.45, 7) is 1.20. The van der Waals surface area contributed by atoms with Crippen LogP contribution in [-0.2, 0) is 14.3 Å². The number of nitrogens with one attached hydrogen (secondary N) is 2. The van der Waals surface area contributed by atoms with Crippen molar-refractivity contribution < 1.29 is 28.4 Å². The SMILES string of the molecule is COc1cccc(NC(=O)CSc2ccccc2C(=O)OCC(=O)Nc2cc(C)on2)c1. The third-order valence-electron chi connectivity index (χ3n) is 4.05. The van der Waals surface area contributed by atoms with E-state index in [-0.39, 0.29) is 23.0 Å². The monoisotopic (exact) mass is 455 g/mol. The smallest absolute Gasteiger partial charge is 0.339 e. The Bertz CT molecular complexity index is 1110. The third kappa shape index (κ3) is 6.61. The minimum Gasteiger partial charge on any atom is -0.497 e. The highest BCUT2D eigenvalue weighted by Crippen LogP contribution is 2.24. The first kappa shape index (κ1) is 22.9. The van der Waals surface area contributed by atoms with Crippen LogP contribution in [0.1, 0.15) is 16.1 Å². The Hall–Kier alpha value is -3.79. The fourth-order valence-electron chi connectivity index (χ4n) is 2.62. The van der Waals surface area contributed by atoms with Crippen LogP contribution in [0.4, 0.5) is 11.5 Å². The minimum atomic E-state index is -0.673. The molecule has 2 amide bonds. The topological polar surface area (TPSA) is 120 Å². The van der Waals surface area contributed by atoms with Gasteiger partial charge < -0.3 is 24.6 Å². The number of hydrogen-bond acceptors (Lipinski definition) is 8. The van der Waals surface area contributed by atoms with Gasteiger partial charge in [-0.3, -0.25) is 9.59 Å². The average Bonchev–Trinajstić information content (AvgIpc) is 3.20. The number of nitrogens with zero attached hydrogens (tertiary/aromatic N) is 1. The zero-order valence-electron chi connectivity index (χ0n) is 17.4. The van der Waals surface area contributed by atoms with Crippen LogP contribution in [-0.4, -0.2) is 42.4 Å². The van der Waals surface area contributed by atoms with Crippen molar-refractivity contribution in [2.45, 2.75) is 11.8 Å². The van der Waals surface area contributed by atoms with Gasteiger partial charge in [-0.1, -0.05) is 23.4 Å². The van der Waals surface area contributed by atoms with Crippen molar-refractivity contribution in [2.24, 2.45) is 0 Å². The Morgan fingerprint density at radius 2 is 1.84 bits per heavy atom. The lowest BCUT2D eigenvalue weighted by atomic mass is 10.2. The lowest BCUT2D eigenvalue weighted by molar-refractivity contribution is -0.119. The Morgan fingerprint density at radius 1 is 1.03 bits per heavy atom. The molecule has 0 atom stereocenters. The molecule has 1 heterocycles. The zero-order chi connectivity index (χ0) is 22.9. The number of methoxy groups -OCH3 is 1. The molecule has 0 bridgehead atoms. The van der Waals surface area contributed by atoms with E-state index in [9.17, 15) is 14.4 Å². The first-order valence-corrected chi connectivity index (χ1v) is 10.5. The van der Waals surface area contributed by atoms with E-state index in [0.717, 1.165) is 0 Å². The van der Waals surface area contributed by atoms with Crippen molar-refractivity contribution in [3.05, 3.63) is 65.9 Å². The second kappa shape index (κ2) is 11.0. The summed E-state index contributed by atoms with van der Waals surface area (Å²) < 4.78 is 15.1. The summed E-state index contributed by atoms with van der Waals surface area (Å²) >= 11 is 1.19. The van der Waals surface area contributed by atoms with Gasteiger partial charge in [-0.15, -0.1) is 11.8 Å². The van der Waals surface area contributed by atoms with E-state index in [1.807, 2.05) is 0 Å². The molecule has 166 valence electrons. The Kier molecular flexibility index (Phi) is 7.87. The molecule has 2 aromatic carbocycles. The van der Waals surface area contributed by atoms with E-state index in [0.29, 0.717) is 22.1 Å². The van der Waals surface area contributed by atoms with Crippen molar-refractivity contribution >= 4 is 41.1 Å². The molecule has 9 nitrogen and oxygen atoms in total. The Balaban J connectivity index is 1.53. The summed E-state index contributed by atoms with van der Waals surface area (Å²) in [4.78, 5) is 37.3. The first-order chi connectivity index (χ1) is 15.4. The van der Waals surface area contributed by atoms with Crippen LogP contribution >= 0.6 is 11.8 Å². The van der Waals surface area contributed by atoms with Crippen LogP contribution in [0.25, 0.3) is 0 Å². The molecular formula is C22H21N3O6S. The predicted octanol–water partition coefficient (Wildman–Crippen LogP) is 3.52. The standard InChI is InChI=1S/C22H21N3O6S/c1-14-10-19(25-31-14)24-20(26)12-30-22(28)17-8-3-4-9-18(17)32-13-21(27)23-15-6-5-7-16(11-15)29-2/h3-11H,12-13H2,1-2H3,(H,23,27)(H,24,25,26). The molecule has 0 unspecified atom stereocenters. The van der Waals surface area contributed by atoms with E-state index < -0.39 is 18.5 Å². The number of thioether (sulfide) groups is 1. The number of amides is 2. The highest BCUT2D eigenvalue weighted by molar-refractivity contribution is 8.00. The number of hydrogen-bond donors (Lipinski definition) is 2. The van der Waals surface area contributed by atoms with E-state index >= 15 is 0 Å². The van der Waals surface area contributed by atoms with Gasteiger partial charge in [0.15, 0.2) is 12.4 Å². The second-order valence-corrected chi connectivity index (χ2v) is 7.53. The average molecular weight is 455 g/mol. The lowest BCUT2D eigenvalue weighted by Crippen LogP contribution is -2.21. The molecule has 32 heavy (non-hydrogen) atoms. The Morgan fingerprint density at radius 3 is 2.59 bits per heavy atom. The largest absolute Gasteiger partial charge is 0.497 e. The van der Waals surface area contributed by atoms with Gasteiger partial charge in [-0.25, -0.2) is 4.79 Å². The maximum atomic E-state index is 12.5. The summed E-state index contributed by atoms with van der Waals surface area (Å²) in [6, 6.07) is 15.3. The van der Waals surface area contributed by atoms with Crippen molar-refractivity contribution in [2.75, 3.05) is 30.1 Å². The molecule has 10 heteroatoms. The quantitative estimate of drug-likeness (QED) is 0.372. The summed E-state index contributed by atoms with van der Waals surface area (Å²) in [6.07, 6.45) is 0. The maximum Gasteiger partial charge on any atom is 0.339 e. The van der Waals surface area contributed by atoms with Crippen LogP contribution in [0, 0.1) is 6.92 Å². The molecule has 3 rings (SSSR count). The predicted molar refractivity (Wildman–Crippen MR) is 119 cm³/mol. The molecule has 0 aliphatic heterocycles. The van der Waals surface area contributed by atoms with Crippen molar-refractivity contribution in [1.82, 2.24) is 5.16 Å². The van der Waals surface area contributed by atoms with Gasteiger partial charge in [0.25, 0.3) is 5.91 Å². The number of esters is 1. The second-order valence-electron chi connectivity index (χ2n) is 6.51. The molecule has 0 spiro atoms. The summed E-state index contributed by atoms with van der Waals surface area (Å²) in [7, 11) is 1.55. The molecule has 0 aliphatic carbocycles. The molecule has 1 aromatic heterocycles. The van der Waals surface area contributed by atoms with E-state index in [1.165, 1.54) is 11.8 Å². The molecule has 3 aromatic rings. The van der Waals surface area contributed by atoms with Gasteiger partial charge in [0, 0.05) is 22.7 Å². The zero-order valence-corrected chi connectivity index (χ0v) is 18.2. The molecular weight excluding hydrogens is 434 g/mol. The van der Waals surface area contributed by atoms with Gasteiger partial charge in [-0.2, -0.15) is 0 Å². The number of ether oxygens (including phenoxy) is 2. The van der Waals surface area contributed by atoms with Crippen LogP contribution < -0.4 is 15.4 Å². The van der Waals surface area contributed by atoms with Gasteiger partial charge in [0.2, 0.25) is 5.91 Å². The highest BCUT2D eigenvalue weighted by atomic mass is 32.2. The maximum absolute atomic E-state index is 12.5. The number of carbonyl (C=O) groups is 3. The van der Waals surface area contributed by atoms with Crippen molar-refractivity contribution in [3.63, 3.8) is 0 Å². The number of carbonyl (C=O) groups excluding carboxylic acids is 3. The molecule has 0 radical (unpaired) electrons. The fraction of sp³-hybridized carbons (Fsp3) is 0.182. The fourth-order valence-corrected chi connectivity index (χ4v) is 3.46. The van der Waals surface area contributed by atoms with Gasteiger partial charge >= 0.3 is 5.97 Å². The number of aromatic nitrogens is 1. The molecule has 2 N–H and O–H groups in total.